The van der Waals surface area contributed by atoms with Crippen molar-refractivity contribution in [1.82, 2.24) is 4.90 Å². The zero-order chi connectivity index (χ0) is 33.5. The average molecular weight is 627 g/mol. The molecule has 43 heavy (non-hydrogen) atoms. The van der Waals surface area contributed by atoms with Gasteiger partial charge < -0.3 is 0 Å². The lowest BCUT2D eigenvalue weighted by Gasteiger charge is -2.25. The Labute approximate surface area is 277 Å². The van der Waals surface area contributed by atoms with E-state index >= 15 is 0 Å². The highest BCUT2D eigenvalue weighted by molar-refractivity contribution is 6.31. The maximum atomic E-state index is 5.98. The van der Waals surface area contributed by atoms with Crippen LogP contribution in [0.25, 0.3) is 5.57 Å². The van der Waals surface area contributed by atoms with Gasteiger partial charge in [-0.05, 0) is 127 Å². The molecule has 0 N–H and O–H groups in total. The predicted octanol–water partition coefficient (Wildman–Crippen LogP) is 13.4. The molecule has 2 unspecified atom stereocenters. The molecule has 240 valence electrons. The van der Waals surface area contributed by atoms with Gasteiger partial charge in [0.2, 0.25) is 0 Å². The molecule has 0 amide bonds. The summed E-state index contributed by atoms with van der Waals surface area (Å²) >= 11 is 11.8. The van der Waals surface area contributed by atoms with E-state index in [0.29, 0.717) is 0 Å². The molecule has 1 aliphatic heterocycles. The second kappa shape index (κ2) is 25.1. The first-order valence-electron chi connectivity index (χ1n) is 15.4. The number of allylic oxidation sites excluding steroid dienone is 6. The standard InChI is InChI=1S/C19H28ClN.C8H9Cl.C5H8.2C4H8/c1-14-5-6-15(2)12-21(11-14)13-16(3)17(4)18-7-9-19(20)10-8-18;1-6-4-3-5-8(9)7(6)2;1-3-5-4-2;2*1-4(2)3/h7-10,14-15H,5-6,11-13H2,1-4H3;3-5H,1-2H3;3-5H,1H2,2H3;2*1H2,2-3H3/b17-16-;;5-4-;;. The quantitative estimate of drug-likeness (QED) is 0.241. The molecule has 0 spiro atoms. The van der Waals surface area contributed by atoms with Gasteiger partial charge in [0, 0.05) is 29.7 Å². The molecule has 2 atom stereocenters. The molecule has 2 aromatic carbocycles. The summed E-state index contributed by atoms with van der Waals surface area (Å²) in [5.74, 6) is 1.64. The first kappa shape index (κ1) is 42.8. The SMILES string of the molecule is C/C(CN1CC(C)CCC(C)C1)=C(\C)c1ccc(Cl)cc1.C=C(C)C.C=C(C)C.C=C/C=C\C.Cc1cccc(Cl)c1C. The Morgan fingerprint density at radius 3 is 1.65 bits per heavy atom. The Hall–Kier alpha value is -2.32. The van der Waals surface area contributed by atoms with Gasteiger partial charge in [-0.15, -0.1) is 13.2 Å². The molecule has 3 rings (SSSR count). The second-order valence-corrected chi connectivity index (χ2v) is 13.1. The summed E-state index contributed by atoms with van der Waals surface area (Å²) in [7, 11) is 0. The lowest BCUT2D eigenvalue weighted by molar-refractivity contribution is 0.256. The number of hydrogen-bond donors (Lipinski definition) is 0. The van der Waals surface area contributed by atoms with E-state index in [1.165, 1.54) is 64.9 Å². The van der Waals surface area contributed by atoms with Gasteiger partial charge in [0.25, 0.3) is 0 Å². The maximum Gasteiger partial charge on any atom is 0.0437 e. The van der Waals surface area contributed by atoms with Crippen molar-refractivity contribution >= 4 is 28.8 Å². The second-order valence-electron chi connectivity index (χ2n) is 12.3. The van der Waals surface area contributed by atoms with Gasteiger partial charge in [-0.25, -0.2) is 0 Å². The molecule has 1 fully saturated rings. The lowest BCUT2D eigenvalue weighted by Crippen LogP contribution is -2.31. The topological polar surface area (TPSA) is 3.24 Å². The van der Waals surface area contributed by atoms with Gasteiger partial charge in [-0.2, -0.15) is 0 Å². The van der Waals surface area contributed by atoms with Crippen molar-refractivity contribution in [3.05, 3.63) is 124 Å². The highest BCUT2D eigenvalue weighted by atomic mass is 35.5. The Morgan fingerprint density at radius 2 is 1.30 bits per heavy atom. The van der Waals surface area contributed by atoms with Gasteiger partial charge in [0.15, 0.2) is 0 Å². The smallest absolute Gasteiger partial charge is 0.0437 e. The third kappa shape index (κ3) is 23.8. The number of benzene rings is 2. The van der Waals surface area contributed by atoms with Crippen LogP contribution in [0.2, 0.25) is 10.0 Å². The van der Waals surface area contributed by atoms with Gasteiger partial charge in [-0.1, -0.05) is 103 Å². The van der Waals surface area contributed by atoms with E-state index in [9.17, 15) is 0 Å². The third-order valence-corrected chi connectivity index (χ3v) is 7.20. The van der Waals surface area contributed by atoms with Crippen molar-refractivity contribution in [2.45, 2.75) is 89.0 Å². The zero-order valence-electron chi connectivity index (χ0n) is 29.3. The number of hydrogen-bond acceptors (Lipinski definition) is 1. The Bertz CT molecular complexity index is 1090. The predicted molar refractivity (Wildman–Crippen MR) is 201 cm³/mol. The molecule has 1 heterocycles. The number of likely N-dealkylation sites (tertiary alicyclic amines) is 1. The number of rotatable bonds is 4. The molecule has 0 saturated carbocycles. The molecule has 0 aromatic heterocycles. The molecular formula is C40H61Cl2N. The van der Waals surface area contributed by atoms with Crippen LogP contribution in [0.3, 0.4) is 0 Å². The first-order chi connectivity index (χ1) is 20.0. The van der Waals surface area contributed by atoms with E-state index in [-0.39, 0.29) is 0 Å². The van der Waals surface area contributed by atoms with E-state index < -0.39 is 0 Å². The van der Waals surface area contributed by atoms with Gasteiger partial charge >= 0.3 is 0 Å². The van der Waals surface area contributed by atoms with Crippen LogP contribution >= 0.6 is 23.2 Å². The van der Waals surface area contributed by atoms with Gasteiger partial charge in [0.1, 0.15) is 0 Å². The van der Waals surface area contributed by atoms with Crippen LogP contribution in [0.15, 0.2) is 97.1 Å². The minimum absolute atomic E-state index is 0.805. The molecule has 0 bridgehead atoms. The zero-order valence-corrected chi connectivity index (χ0v) is 30.8. The van der Waals surface area contributed by atoms with Crippen molar-refractivity contribution in [2.24, 2.45) is 11.8 Å². The number of halogens is 2. The molecule has 1 nitrogen and oxygen atoms in total. The summed E-state index contributed by atoms with van der Waals surface area (Å²) in [4.78, 5) is 2.64. The monoisotopic (exact) mass is 625 g/mol. The minimum atomic E-state index is 0.805. The summed E-state index contributed by atoms with van der Waals surface area (Å²) in [6, 6.07) is 14.1. The molecular weight excluding hydrogens is 565 g/mol. The Balaban J connectivity index is 0. The molecule has 3 heteroatoms. The molecule has 0 radical (unpaired) electrons. The Kier molecular flexibility index (Phi) is 24.9. The van der Waals surface area contributed by atoms with Crippen molar-refractivity contribution in [1.29, 1.82) is 0 Å². The lowest BCUT2D eigenvalue weighted by atomic mass is 10.0. The average Bonchev–Trinajstić information content (AvgIpc) is 3.07. The van der Waals surface area contributed by atoms with Crippen molar-refractivity contribution in [2.75, 3.05) is 19.6 Å². The fourth-order valence-electron chi connectivity index (χ4n) is 4.09. The summed E-state index contributed by atoms with van der Waals surface area (Å²) < 4.78 is 0. The minimum Gasteiger partial charge on any atom is -0.299 e. The summed E-state index contributed by atoms with van der Waals surface area (Å²) in [5, 5.41) is 1.66. The van der Waals surface area contributed by atoms with Crippen LogP contribution in [0.1, 0.15) is 91.8 Å². The molecule has 2 aromatic rings. The van der Waals surface area contributed by atoms with Crippen LogP contribution in [0.4, 0.5) is 0 Å². The highest BCUT2D eigenvalue weighted by Crippen LogP contribution is 2.24. The van der Waals surface area contributed by atoms with E-state index in [2.05, 4.69) is 77.5 Å². The summed E-state index contributed by atoms with van der Waals surface area (Å²) in [5.41, 5.74) is 8.91. The van der Waals surface area contributed by atoms with Crippen molar-refractivity contribution < 1.29 is 0 Å². The third-order valence-electron chi connectivity index (χ3n) is 6.54. The first-order valence-corrected chi connectivity index (χ1v) is 16.1. The number of nitrogens with zero attached hydrogens (tertiary/aromatic N) is 1. The fourth-order valence-corrected chi connectivity index (χ4v) is 4.44. The highest BCUT2D eigenvalue weighted by Gasteiger charge is 2.19. The fraction of sp³-hybridized carbons (Fsp3) is 0.450. The normalized spacial score (nSPS) is 16.7. The van der Waals surface area contributed by atoms with Crippen LogP contribution in [0, 0.1) is 25.7 Å². The van der Waals surface area contributed by atoms with Crippen LogP contribution in [-0.4, -0.2) is 24.5 Å². The van der Waals surface area contributed by atoms with Crippen LogP contribution < -0.4 is 0 Å². The van der Waals surface area contributed by atoms with Crippen LogP contribution in [-0.2, 0) is 0 Å². The van der Waals surface area contributed by atoms with E-state index in [4.69, 9.17) is 23.2 Å². The van der Waals surface area contributed by atoms with Gasteiger partial charge in [0.05, 0.1) is 0 Å². The van der Waals surface area contributed by atoms with Gasteiger partial charge in [-0.3, -0.25) is 4.90 Å². The largest absolute Gasteiger partial charge is 0.299 e. The van der Waals surface area contributed by atoms with Crippen molar-refractivity contribution in [3.63, 3.8) is 0 Å². The number of aryl methyl sites for hydroxylation is 1. The van der Waals surface area contributed by atoms with E-state index in [1.807, 2.05) is 78.0 Å². The van der Waals surface area contributed by atoms with Crippen molar-refractivity contribution in [3.8, 4) is 0 Å². The summed E-state index contributed by atoms with van der Waals surface area (Å²) in [6.45, 7) is 37.3. The molecule has 0 aliphatic carbocycles. The van der Waals surface area contributed by atoms with Crippen LogP contribution in [0.5, 0.6) is 0 Å². The molecule has 1 saturated heterocycles. The van der Waals surface area contributed by atoms with E-state index in [1.54, 1.807) is 6.08 Å². The molecule has 1 aliphatic rings. The maximum absolute atomic E-state index is 5.98. The van der Waals surface area contributed by atoms with E-state index in [0.717, 1.165) is 28.4 Å². The summed E-state index contributed by atoms with van der Waals surface area (Å²) in [6.07, 6.45) is 8.32. The Morgan fingerprint density at radius 1 is 0.837 bits per heavy atom.